The number of nitrogens with zero attached hydrogens (tertiary/aromatic N) is 1. The van der Waals surface area contributed by atoms with Gasteiger partial charge < -0.3 is 4.84 Å². The molecule has 1 atom stereocenters. The molecule has 1 aromatic rings. The van der Waals surface area contributed by atoms with Crippen LogP contribution in [0.5, 0.6) is 0 Å². The molecule has 2 rings (SSSR count). The van der Waals surface area contributed by atoms with E-state index >= 15 is 0 Å². The van der Waals surface area contributed by atoms with E-state index in [1.807, 2.05) is 12.1 Å². The first kappa shape index (κ1) is 8.26. The first-order valence-electron chi connectivity index (χ1n) is 3.57. The van der Waals surface area contributed by atoms with Gasteiger partial charge in [0.15, 0.2) is 0 Å². The summed E-state index contributed by atoms with van der Waals surface area (Å²) < 4.78 is 1.12. The highest BCUT2D eigenvalue weighted by Crippen LogP contribution is 2.26. The number of thiophene rings is 1. The van der Waals surface area contributed by atoms with Gasteiger partial charge in [0.1, 0.15) is 11.8 Å². The zero-order valence-corrected chi connectivity index (χ0v) is 8.69. The van der Waals surface area contributed by atoms with E-state index in [1.165, 1.54) is 0 Å². The summed E-state index contributed by atoms with van der Waals surface area (Å²) in [5.74, 6) is 0. The molecular formula is C8H7BrNOS. The minimum absolute atomic E-state index is 0.0131. The number of oxime groups is 1. The summed E-state index contributed by atoms with van der Waals surface area (Å²) in [6, 6.07) is 4.05. The standard InChI is InChI=1S/C8H7BrNOS/c1-5-4-6(10-11-5)7-2-3-8(9)12-7/h2-3,5H,1,4H2. The highest BCUT2D eigenvalue weighted by Gasteiger charge is 2.18. The minimum Gasteiger partial charge on any atom is -0.392 e. The summed E-state index contributed by atoms with van der Waals surface area (Å²) in [7, 11) is 0. The predicted octanol–water partition coefficient (Wildman–Crippen LogP) is 2.84. The van der Waals surface area contributed by atoms with Crippen LogP contribution in [-0.2, 0) is 4.84 Å². The van der Waals surface area contributed by atoms with Gasteiger partial charge in [-0.15, -0.1) is 11.3 Å². The van der Waals surface area contributed by atoms with Gasteiger partial charge in [-0.25, -0.2) is 0 Å². The third-order valence-electron chi connectivity index (χ3n) is 1.59. The van der Waals surface area contributed by atoms with Gasteiger partial charge in [0.2, 0.25) is 0 Å². The second kappa shape index (κ2) is 3.18. The Bertz CT molecular complexity index is 321. The van der Waals surface area contributed by atoms with Crippen LogP contribution in [0.15, 0.2) is 21.1 Å². The van der Waals surface area contributed by atoms with Crippen LogP contribution in [0.2, 0.25) is 0 Å². The van der Waals surface area contributed by atoms with E-state index in [1.54, 1.807) is 11.3 Å². The van der Waals surface area contributed by atoms with Crippen LogP contribution in [0.1, 0.15) is 11.3 Å². The van der Waals surface area contributed by atoms with Gasteiger partial charge in [-0.1, -0.05) is 5.16 Å². The fraction of sp³-hybridized carbons (Fsp3) is 0.250. The Labute approximate surface area is 83.4 Å². The van der Waals surface area contributed by atoms with E-state index < -0.39 is 0 Å². The fourth-order valence-electron chi connectivity index (χ4n) is 1.04. The molecule has 2 nitrogen and oxygen atoms in total. The van der Waals surface area contributed by atoms with E-state index in [0.717, 1.165) is 20.8 Å². The monoisotopic (exact) mass is 244 g/mol. The van der Waals surface area contributed by atoms with Gasteiger partial charge in [-0.2, -0.15) is 0 Å². The molecule has 0 saturated carbocycles. The van der Waals surface area contributed by atoms with Crippen molar-refractivity contribution in [3.05, 3.63) is 27.7 Å². The maximum absolute atomic E-state index is 5.00. The Morgan fingerprint density at radius 2 is 2.50 bits per heavy atom. The summed E-state index contributed by atoms with van der Waals surface area (Å²) >= 11 is 5.07. The maximum atomic E-state index is 5.00. The van der Waals surface area contributed by atoms with Crippen molar-refractivity contribution in [2.75, 3.05) is 0 Å². The summed E-state index contributed by atoms with van der Waals surface area (Å²) in [6.07, 6.45) is 0.799. The van der Waals surface area contributed by atoms with Crippen molar-refractivity contribution in [1.29, 1.82) is 0 Å². The Morgan fingerprint density at radius 3 is 3.00 bits per heavy atom. The molecule has 1 unspecified atom stereocenters. The molecule has 0 aliphatic carbocycles. The molecule has 0 N–H and O–H groups in total. The number of halogens is 1. The molecule has 0 fully saturated rings. The topological polar surface area (TPSA) is 21.6 Å². The SMILES string of the molecule is [CH2]C1CC(c2ccc(Br)s2)=NO1. The van der Waals surface area contributed by atoms with Crippen LogP contribution in [0.4, 0.5) is 0 Å². The maximum Gasteiger partial charge on any atom is 0.133 e. The lowest BCUT2D eigenvalue weighted by Crippen LogP contribution is -2.01. The van der Waals surface area contributed by atoms with Crippen molar-refractivity contribution >= 4 is 33.0 Å². The van der Waals surface area contributed by atoms with Crippen molar-refractivity contribution in [3.8, 4) is 0 Å². The van der Waals surface area contributed by atoms with E-state index in [0.29, 0.717) is 0 Å². The molecule has 4 heteroatoms. The first-order valence-corrected chi connectivity index (χ1v) is 5.18. The zero-order chi connectivity index (χ0) is 8.55. The van der Waals surface area contributed by atoms with Crippen LogP contribution in [0.3, 0.4) is 0 Å². The van der Waals surface area contributed by atoms with Crippen molar-refractivity contribution in [1.82, 2.24) is 0 Å². The van der Waals surface area contributed by atoms with Crippen molar-refractivity contribution in [2.45, 2.75) is 12.5 Å². The van der Waals surface area contributed by atoms with Crippen molar-refractivity contribution in [2.24, 2.45) is 5.16 Å². The van der Waals surface area contributed by atoms with Gasteiger partial charge in [-0.05, 0) is 35.0 Å². The van der Waals surface area contributed by atoms with Gasteiger partial charge in [0.05, 0.1) is 8.66 Å². The van der Waals surface area contributed by atoms with Gasteiger partial charge in [0.25, 0.3) is 0 Å². The van der Waals surface area contributed by atoms with Crippen LogP contribution in [0.25, 0.3) is 0 Å². The fourth-order valence-corrected chi connectivity index (χ4v) is 2.42. The Hall–Kier alpha value is -0.350. The molecule has 1 aliphatic heterocycles. The van der Waals surface area contributed by atoms with Crippen LogP contribution in [0, 0.1) is 6.92 Å². The minimum atomic E-state index is -0.0131. The van der Waals surface area contributed by atoms with Crippen LogP contribution < -0.4 is 0 Å². The molecule has 1 aliphatic rings. The first-order chi connectivity index (χ1) is 5.75. The Kier molecular flexibility index (Phi) is 2.19. The molecule has 0 bridgehead atoms. The van der Waals surface area contributed by atoms with E-state index in [9.17, 15) is 0 Å². The summed E-state index contributed by atoms with van der Waals surface area (Å²) in [4.78, 5) is 6.16. The highest BCUT2D eigenvalue weighted by atomic mass is 79.9. The Balaban J connectivity index is 2.21. The quantitative estimate of drug-likeness (QED) is 0.745. The highest BCUT2D eigenvalue weighted by molar-refractivity contribution is 9.11. The molecule has 0 amide bonds. The lowest BCUT2D eigenvalue weighted by atomic mass is 10.2. The number of hydrogen-bond acceptors (Lipinski definition) is 3. The normalized spacial score (nSPS) is 22.2. The predicted molar refractivity (Wildman–Crippen MR) is 53.4 cm³/mol. The second-order valence-electron chi connectivity index (χ2n) is 2.57. The molecule has 0 saturated heterocycles. The van der Waals surface area contributed by atoms with Crippen molar-refractivity contribution in [3.63, 3.8) is 0 Å². The zero-order valence-electron chi connectivity index (χ0n) is 6.29. The van der Waals surface area contributed by atoms with E-state index in [2.05, 4.69) is 28.0 Å². The van der Waals surface area contributed by atoms with Crippen LogP contribution in [-0.4, -0.2) is 11.8 Å². The van der Waals surface area contributed by atoms with E-state index in [4.69, 9.17) is 4.84 Å². The van der Waals surface area contributed by atoms with E-state index in [-0.39, 0.29) is 6.10 Å². The molecule has 1 aromatic heterocycles. The Morgan fingerprint density at radius 1 is 1.67 bits per heavy atom. The molecule has 1 radical (unpaired) electrons. The van der Waals surface area contributed by atoms with Crippen molar-refractivity contribution < 1.29 is 4.84 Å². The average Bonchev–Trinajstić information content (AvgIpc) is 2.58. The summed E-state index contributed by atoms with van der Waals surface area (Å²) in [6.45, 7) is 3.78. The molecule has 63 valence electrons. The molecule has 0 spiro atoms. The third kappa shape index (κ3) is 1.54. The van der Waals surface area contributed by atoms with Gasteiger partial charge in [0, 0.05) is 6.42 Å². The average molecular weight is 245 g/mol. The second-order valence-corrected chi connectivity index (χ2v) is 5.04. The van der Waals surface area contributed by atoms with Crippen LogP contribution >= 0.6 is 27.3 Å². The third-order valence-corrected chi connectivity index (χ3v) is 3.26. The molecular weight excluding hydrogens is 238 g/mol. The largest absolute Gasteiger partial charge is 0.392 e. The number of hydrogen-bond donors (Lipinski definition) is 0. The smallest absolute Gasteiger partial charge is 0.133 e. The lowest BCUT2D eigenvalue weighted by Gasteiger charge is -1.94. The molecule has 2 heterocycles. The van der Waals surface area contributed by atoms with Gasteiger partial charge >= 0.3 is 0 Å². The molecule has 0 aromatic carbocycles. The van der Waals surface area contributed by atoms with Gasteiger partial charge in [-0.3, -0.25) is 0 Å². The molecule has 12 heavy (non-hydrogen) atoms. The summed E-state index contributed by atoms with van der Waals surface area (Å²) in [5.41, 5.74) is 1.01. The number of rotatable bonds is 1. The lowest BCUT2D eigenvalue weighted by molar-refractivity contribution is 0.118. The summed E-state index contributed by atoms with van der Waals surface area (Å²) in [5, 5.41) is 3.94.